The van der Waals surface area contributed by atoms with Crippen LogP contribution < -0.4 is 5.73 Å². The lowest BCUT2D eigenvalue weighted by Gasteiger charge is -2.06. The molecule has 0 atom stereocenters. The van der Waals surface area contributed by atoms with Crippen molar-refractivity contribution in [1.29, 1.82) is 0 Å². The number of nitrogens with two attached hydrogens (primary N) is 1. The van der Waals surface area contributed by atoms with Gasteiger partial charge in [-0.3, -0.25) is 0 Å². The lowest BCUT2D eigenvalue weighted by Crippen LogP contribution is -2.01. The monoisotopic (exact) mass is 285 g/mol. The molecule has 1 heterocycles. The molecule has 20 heavy (non-hydrogen) atoms. The van der Waals surface area contributed by atoms with Gasteiger partial charge in [0.05, 0.1) is 11.0 Å². The van der Waals surface area contributed by atoms with Gasteiger partial charge in [0.15, 0.2) is 0 Å². The highest BCUT2D eigenvalue weighted by Crippen LogP contribution is 2.21. The molecule has 0 fully saturated rings. The van der Waals surface area contributed by atoms with E-state index < -0.39 is 0 Å². The lowest BCUT2D eigenvalue weighted by molar-refractivity contribution is 0.844. The second-order valence-electron chi connectivity index (χ2n) is 4.88. The van der Waals surface area contributed by atoms with Crippen LogP contribution in [0.15, 0.2) is 42.5 Å². The number of hydrogen-bond donors (Lipinski definition) is 1. The van der Waals surface area contributed by atoms with Crippen molar-refractivity contribution in [2.45, 2.75) is 13.0 Å². The van der Waals surface area contributed by atoms with Crippen LogP contribution in [0.1, 0.15) is 17.0 Å². The first-order valence-corrected chi connectivity index (χ1v) is 6.94. The average Bonchev–Trinajstić information content (AvgIpc) is 2.76. The summed E-state index contributed by atoms with van der Waals surface area (Å²) in [6.07, 6.45) is 0.760. The van der Waals surface area contributed by atoms with E-state index in [1.807, 2.05) is 37.4 Å². The first-order chi connectivity index (χ1) is 9.69. The lowest BCUT2D eigenvalue weighted by atomic mass is 10.1. The van der Waals surface area contributed by atoms with E-state index in [-0.39, 0.29) is 0 Å². The van der Waals surface area contributed by atoms with Crippen LogP contribution in [0, 0.1) is 0 Å². The number of rotatable bonds is 3. The van der Waals surface area contributed by atoms with E-state index in [4.69, 9.17) is 17.3 Å². The molecule has 4 heteroatoms. The Morgan fingerprint density at radius 2 is 2.00 bits per heavy atom. The molecule has 3 aromatic rings. The van der Waals surface area contributed by atoms with Crippen LogP contribution in [-0.4, -0.2) is 9.55 Å². The summed E-state index contributed by atoms with van der Waals surface area (Å²) >= 11 is 6.21. The van der Waals surface area contributed by atoms with E-state index in [1.165, 1.54) is 0 Å². The summed E-state index contributed by atoms with van der Waals surface area (Å²) in [6, 6.07) is 14.2. The van der Waals surface area contributed by atoms with Crippen LogP contribution in [0.2, 0.25) is 5.02 Å². The molecule has 2 N–H and O–H groups in total. The van der Waals surface area contributed by atoms with Crippen molar-refractivity contribution in [2.75, 3.05) is 0 Å². The number of para-hydroxylation sites is 2. The third-order valence-corrected chi connectivity index (χ3v) is 3.93. The first kappa shape index (κ1) is 13.2. The predicted octanol–water partition coefficient (Wildman–Crippen LogP) is 3.28. The first-order valence-electron chi connectivity index (χ1n) is 6.56. The van der Waals surface area contributed by atoms with E-state index in [2.05, 4.69) is 21.7 Å². The van der Waals surface area contributed by atoms with Crippen molar-refractivity contribution in [1.82, 2.24) is 9.55 Å². The van der Waals surface area contributed by atoms with E-state index in [0.717, 1.165) is 39.4 Å². The van der Waals surface area contributed by atoms with Crippen LogP contribution in [0.3, 0.4) is 0 Å². The van der Waals surface area contributed by atoms with Gasteiger partial charge in [-0.25, -0.2) is 4.98 Å². The van der Waals surface area contributed by atoms with Gasteiger partial charge in [0.1, 0.15) is 5.82 Å². The zero-order valence-electron chi connectivity index (χ0n) is 11.3. The maximum absolute atomic E-state index is 6.21. The molecule has 1 aromatic heterocycles. The van der Waals surface area contributed by atoms with Crippen LogP contribution >= 0.6 is 11.6 Å². The summed E-state index contributed by atoms with van der Waals surface area (Å²) in [7, 11) is 2.04. The largest absolute Gasteiger partial charge is 0.331 e. The molecular weight excluding hydrogens is 270 g/mol. The molecule has 0 saturated heterocycles. The second kappa shape index (κ2) is 5.27. The molecule has 3 nitrogen and oxygen atoms in total. The van der Waals surface area contributed by atoms with Gasteiger partial charge < -0.3 is 10.3 Å². The standard InChI is InChI=1S/C16H16ClN3/c1-20-15-5-3-2-4-14(15)19-16(20)9-11-6-7-12(10-18)13(17)8-11/h2-8H,9-10,18H2,1H3. The Bertz CT molecular complexity index is 762. The molecule has 102 valence electrons. The molecule has 0 aliphatic carbocycles. The van der Waals surface area contributed by atoms with E-state index in [0.29, 0.717) is 6.54 Å². The van der Waals surface area contributed by atoms with Crippen LogP contribution in [0.5, 0.6) is 0 Å². The van der Waals surface area contributed by atoms with Gasteiger partial charge >= 0.3 is 0 Å². The molecule has 0 amide bonds. The maximum Gasteiger partial charge on any atom is 0.114 e. The number of imidazole rings is 1. The van der Waals surface area contributed by atoms with Gasteiger partial charge in [-0.2, -0.15) is 0 Å². The van der Waals surface area contributed by atoms with Crippen LogP contribution in [0.25, 0.3) is 11.0 Å². The smallest absolute Gasteiger partial charge is 0.114 e. The minimum atomic E-state index is 0.464. The molecule has 0 aliphatic heterocycles. The molecule has 0 aliphatic rings. The Morgan fingerprint density at radius 1 is 1.20 bits per heavy atom. The molecule has 2 aromatic carbocycles. The number of aryl methyl sites for hydroxylation is 1. The Balaban J connectivity index is 1.97. The molecule has 0 saturated carbocycles. The van der Waals surface area contributed by atoms with Gasteiger partial charge in [-0.1, -0.05) is 35.9 Å². The Hall–Kier alpha value is -1.84. The quantitative estimate of drug-likeness (QED) is 0.802. The number of fused-ring (bicyclic) bond motifs is 1. The normalized spacial score (nSPS) is 11.2. The summed E-state index contributed by atoms with van der Waals surface area (Å²) in [5.74, 6) is 1.03. The summed E-state index contributed by atoms with van der Waals surface area (Å²) in [4.78, 5) is 4.67. The number of aromatic nitrogens is 2. The van der Waals surface area contributed by atoms with Crippen molar-refractivity contribution in [3.8, 4) is 0 Å². The third kappa shape index (κ3) is 2.30. The highest BCUT2D eigenvalue weighted by atomic mass is 35.5. The topological polar surface area (TPSA) is 43.8 Å². The third-order valence-electron chi connectivity index (χ3n) is 3.58. The number of halogens is 1. The van der Waals surface area contributed by atoms with Gasteiger partial charge in [0, 0.05) is 25.0 Å². The maximum atomic E-state index is 6.21. The molecule has 3 rings (SSSR count). The zero-order chi connectivity index (χ0) is 14.1. The second-order valence-corrected chi connectivity index (χ2v) is 5.29. The molecule has 0 bridgehead atoms. The molecule has 0 spiro atoms. The summed E-state index contributed by atoms with van der Waals surface area (Å²) in [6.45, 7) is 0.464. The summed E-state index contributed by atoms with van der Waals surface area (Å²) in [5, 5.41) is 0.726. The Labute approximate surface area is 123 Å². The minimum Gasteiger partial charge on any atom is -0.331 e. The van der Waals surface area contributed by atoms with Gasteiger partial charge in [0.25, 0.3) is 0 Å². The Morgan fingerprint density at radius 3 is 2.70 bits per heavy atom. The average molecular weight is 286 g/mol. The van der Waals surface area contributed by atoms with E-state index >= 15 is 0 Å². The Kier molecular flexibility index (Phi) is 3.47. The van der Waals surface area contributed by atoms with Crippen molar-refractivity contribution < 1.29 is 0 Å². The molecule has 0 unspecified atom stereocenters. The fourth-order valence-corrected chi connectivity index (χ4v) is 2.68. The van der Waals surface area contributed by atoms with E-state index in [9.17, 15) is 0 Å². The van der Waals surface area contributed by atoms with Crippen molar-refractivity contribution in [2.24, 2.45) is 12.8 Å². The number of benzene rings is 2. The predicted molar refractivity (Wildman–Crippen MR) is 82.9 cm³/mol. The van der Waals surface area contributed by atoms with Gasteiger partial charge in [0.2, 0.25) is 0 Å². The van der Waals surface area contributed by atoms with Crippen LogP contribution in [-0.2, 0) is 20.0 Å². The summed E-state index contributed by atoms with van der Waals surface area (Å²) < 4.78 is 2.13. The highest BCUT2D eigenvalue weighted by molar-refractivity contribution is 6.31. The fraction of sp³-hybridized carbons (Fsp3) is 0.188. The molecular formula is C16H16ClN3. The van der Waals surface area contributed by atoms with Crippen molar-refractivity contribution in [3.63, 3.8) is 0 Å². The molecule has 0 radical (unpaired) electrons. The van der Waals surface area contributed by atoms with Crippen molar-refractivity contribution >= 4 is 22.6 Å². The summed E-state index contributed by atoms with van der Waals surface area (Å²) in [5.41, 5.74) is 9.91. The number of hydrogen-bond acceptors (Lipinski definition) is 2. The minimum absolute atomic E-state index is 0.464. The number of nitrogens with zero attached hydrogens (tertiary/aromatic N) is 2. The van der Waals surface area contributed by atoms with Gasteiger partial charge in [-0.15, -0.1) is 0 Å². The van der Waals surface area contributed by atoms with Crippen LogP contribution in [0.4, 0.5) is 0 Å². The van der Waals surface area contributed by atoms with Gasteiger partial charge in [-0.05, 0) is 29.3 Å². The highest BCUT2D eigenvalue weighted by Gasteiger charge is 2.08. The fourth-order valence-electron chi connectivity index (χ4n) is 2.40. The van der Waals surface area contributed by atoms with Crippen molar-refractivity contribution in [3.05, 3.63) is 64.4 Å². The zero-order valence-corrected chi connectivity index (χ0v) is 12.1. The van der Waals surface area contributed by atoms with E-state index in [1.54, 1.807) is 0 Å². The SMILES string of the molecule is Cn1c(Cc2ccc(CN)c(Cl)c2)nc2ccccc21.